The van der Waals surface area contributed by atoms with Gasteiger partial charge in [0.05, 0.1) is 0 Å². The lowest BCUT2D eigenvalue weighted by Crippen LogP contribution is -2.33. The monoisotopic (exact) mass is 175 g/mol. The van der Waals surface area contributed by atoms with Crippen molar-refractivity contribution >= 4 is 0 Å². The predicted octanol–water partition coefficient (Wildman–Crippen LogP) is 2.93. The standard InChI is InChI=1S/C12H17N/c1-9-10-7-5-6-8-11(10)12(2,3)13(9)4/h5-9H,1-4H3. The van der Waals surface area contributed by atoms with Gasteiger partial charge >= 0.3 is 0 Å². The summed E-state index contributed by atoms with van der Waals surface area (Å²) in [6.07, 6.45) is 0. The first-order valence-corrected chi connectivity index (χ1v) is 4.87. The Balaban J connectivity index is 2.61. The summed E-state index contributed by atoms with van der Waals surface area (Å²) < 4.78 is 0. The minimum atomic E-state index is 0.190. The molecule has 1 aromatic carbocycles. The lowest BCUT2D eigenvalue weighted by Gasteiger charge is -2.31. The molecular weight excluding hydrogens is 158 g/mol. The number of fused-ring (bicyclic) bond motifs is 1. The van der Waals surface area contributed by atoms with Crippen molar-refractivity contribution in [3.63, 3.8) is 0 Å². The summed E-state index contributed by atoms with van der Waals surface area (Å²) in [6.45, 7) is 6.85. The Bertz CT molecular complexity index is 328. The van der Waals surface area contributed by atoms with Gasteiger partial charge < -0.3 is 0 Å². The molecule has 0 bridgehead atoms. The van der Waals surface area contributed by atoms with Crippen LogP contribution >= 0.6 is 0 Å². The normalized spacial score (nSPS) is 26.0. The summed E-state index contributed by atoms with van der Waals surface area (Å²) in [6, 6.07) is 9.30. The second-order valence-corrected chi connectivity index (χ2v) is 4.43. The fraction of sp³-hybridized carbons (Fsp3) is 0.500. The van der Waals surface area contributed by atoms with E-state index in [9.17, 15) is 0 Å². The molecule has 0 saturated heterocycles. The number of rotatable bonds is 0. The highest BCUT2D eigenvalue weighted by molar-refractivity contribution is 5.39. The Morgan fingerprint density at radius 1 is 1.23 bits per heavy atom. The van der Waals surface area contributed by atoms with Gasteiger partial charge in [0.2, 0.25) is 0 Å². The van der Waals surface area contributed by atoms with Gasteiger partial charge in [0, 0.05) is 11.6 Å². The molecule has 1 nitrogen and oxygen atoms in total. The maximum atomic E-state index is 2.43. The molecule has 70 valence electrons. The lowest BCUT2D eigenvalue weighted by molar-refractivity contribution is 0.141. The van der Waals surface area contributed by atoms with Crippen molar-refractivity contribution in [2.75, 3.05) is 7.05 Å². The van der Waals surface area contributed by atoms with Crippen molar-refractivity contribution in [1.29, 1.82) is 0 Å². The van der Waals surface area contributed by atoms with E-state index in [1.165, 1.54) is 11.1 Å². The first kappa shape index (κ1) is 8.76. The average molecular weight is 175 g/mol. The fourth-order valence-electron chi connectivity index (χ4n) is 2.30. The number of hydrogen-bond donors (Lipinski definition) is 0. The number of benzene rings is 1. The molecule has 0 saturated carbocycles. The van der Waals surface area contributed by atoms with Crippen molar-refractivity contribution in [2.45, 2.75) is 32.4 Å². The van der Waals surface area contributed by atoms with Crippen molar-refractivity contribution in [3.05, 3.63) is 35.4 Å². The predicted molar refractivity (Wildman–Crippen MR) is 55.6 cm³/mol. The van der Waals surface area contributed by atoms with Gasteiger partial charge in [-0.15, -0.1) is 0 Å². The molecule has 0 amide bonds. The first-order chi connectivity index (χ1) is 6.05. The first-order valence-electron chi connectivity index (χ1n) is 4.87. The molecule has 1 heterocycles. The van der Waals surface area contributed by atoms with Gasteiger partial charge in [0.25, 0.3) is 0 Å². The summed E-state index contributed by atoms with van der Waals surface area (Å²) in [5, 5.41) is 0. The molecule has 2 rings (SSSR count). The van der Waals surface area contributed by atoms with Crippen LogP contribution in [0.5, 0.6) is 0 Å². The van der Waals surface area contributed by atoms with Crippen molar-refractivity contribution in [3.8, 4) is 0 Å². The van der Waals surface area contributed by atoms with Crippen LogP contribution in [-0.2, 0) is 5.54 Å². The second kappa shape index (κ2) is 2.58. The largest absolute Gasteiger partial charge is 0.290 e. The summed E-state index contributed by atoms with van der Waals surface area (Å²) >= 11 is 0. The van der Waals surface area contributed by atoms with Gasteiger partial charge in [-0.1, -0.05) is 24.3 Å². The highest BCUT2D eigenvalue weighted by Gasteiger charge is 2.38. The minimum absolute atomic E-state index is 0.190. The van der Waals surface area contributed by atoms with Gasteiger partial charge in [0.15, 0.2) is 0 Å². The zero-order valence-electron chi connectivity index (χ0n) is 8.83. The van der Waals surface area contributed by atoms with Crippen molar-refractivity contribution in [2.24, 2.45) is 0 Å². The molecule has 1 heteroatoms. The maximum Gasteiger partial charge on any atom is 0.0410 e. The molecule has 0 aromatic heterocycles. The van der Waals surface area contributed by atoms with Gasteiger partial charge in [-0.3, -0.25) is 4.90 Å². The molecule has 0 aliphatic carbocycles. The molecule has 13 heavy (non-hydrogen) atoms. The molecule has 0 spiro atoms. The Hall–Kier alpha value is -0.820. The summed E-state index contributed by atoms with van der Waals surface area (Å²) in [7, 11) is 2.20. The van der Waals surface area contributed by atoms with Gasteiger partial charge in [-0.05, 0) is 38.9 Å². The number of nitrogens with zero attached hydrogens (tertiary/aromatic N) is 1. The molecule has 1 atom stereocenters. The third-order valence-electron chi connectivity index (χ3n) is 3.53. The topological polar surface area (TPSA) is 3.24 Å². The quantitative estimate of drug-likeness (QED) is 0.586. The van der Waals surface area contributed by atoms with E-state index in [1.807, 2.05) is 0 Å². The molecule has 1 aliphatic rings. The van der Waals surface area contributed by atoms with E-state index in [2.05, 4.69) is 57.0 Å². The van der Waals surface area contributed by atoms with Gasteiger partial charge in [-0.2, -0.15) is 0 Å². The second-order valence-electron chi connectivity index (χ2n) is 4.43. The average Bonchev–Trinajstić information content (AvgIpc) is 2.30. The van der Waals surface area contributed by atoms with Crippen LogP contribution in [0.3, 0.4) is 0 Å². The van der Waals surface area contributed by atoms with Crippen molar-refractivity contribution < 1.29 is 0 Å². The summed E-state index contributed by atoms with van der Waals surface area (Å²) in [5.74, 6) is 0. The van der Waals surface area contributed by atoms with Crippen LogP contribution in [0.1, 0.15) is 37.9 Å². The SMILES string of the molecule is CC1c2ccccc2C(C)(C)N1C. The zero-order chi connectivity index (χ0) is 9.64. The van der Waals surface area contributed by atoms with Crippen LogP contribution in [0, 0.1) is 0 Å². The molecule has 1 unspecified atom stereocenters. The highest BCUT2D eigenvalue weighted by Crippen LogP contribution is 2.43. The Morgan fingerprint density at radius 2 is 1.85 bits per heavy atom. The molecule has 0 fully saturated rings. The summed E-state index contributed by atoms with van der Waals surface area (Å²) in [4.78, 5) is 2.43. The van der Waals surface area contributed by atoms with Crippen LogP contribution in [0.25, 0.3) is 0 Å². The van der Waals surface area contributed by atoms with E-state index in [0.717, 1.165) is 0 Å². The van der Waals surface area contributed by atoms with Gasteiger partial charge in [-0.25, -0.2) is 0 Å². The molecule has 1 aliphatic heterocycles. The number of hydrogen-bond acceptors (Lipinski definition) is 1. The van der Waals surface area contributed by atoms with Crippen molar-refractivity contribution in [1.82, 2.24) is 4.90 Å². The maximum absolute atomic E-state index is 2.43. The highest BCUT2D eigenvalue weighted by atomic mass is 15.2. The minimum Gasteiger partial charge on any atom is -0.290 e. The van der Waals surface area contributed by atoms with E-state index in [4.69, 9.17) is 0 Å². The molecule has 0 radical (unpaired) electrons. The Kier molecular flexibility index (Phi) is 1.74. The zero-order valence-corrected chi connectivity index (χ0v) is 8.83. The molecule has 0 N–H and O–H groups in total. The van der Waals surface area contributed by atoms with Crippen LogP contribution in [0.15, 0.2) is 24.3 Å². The Labute approximate surface area is 80.4 Å². The third-order valence-corrected chi connectivity index (χ3v) is 3.53. The van der Waals surface area contributed by atoms with Crippen LogP contribution in [-0.4, -0.2) is 11.9 Å². The molecule has 1 aromatic rings. The lowest BCUT2D eigenvalue weighted by atomic mass is 9.94. The smallest absolute Gasteiger partial charge is 0.0410 e. The van der Waals surface area contributed by atoms with E-state index in [0.29, 0.717) is 6.04 Å². The van der Waals surface area contributed by atoms with Crippen LogP contribution in [0.4, 0.5) is 0 Å². The third kappa shape index (κ3) is 1.03. The van der Waals surface area contributed by atoms with E-state index in [-0.39, 0.29) is 5.54 Å². The fourth-order valence-corrected chi connectivity index (χ4v) is 2.30. The van der Waals surface area contributed by atoms with Gasteiger partial charge in [0.1, 0.15) is 0 Å². The van der Waals surface area contributed by atoms with E-state index >= 15 is 0 Å². The Morgan fingerprint density at radius 3 is 2.46 bits per heavy atom. The molecular formula is C12H17N. The summed E-state index contributed by atoms with van der Waals surface area (Å²) in [5.41, 5.74) is 3.15. The van der Waals surface area contributed by atoms with E-state index in [1.54, 1.807) is 0 Å². The van der Waals surface area contributed by atoms with Crippen LogP contribution in [0.2, 0.25) is 0 Å². The van der Waals surface area contributed by atoms with Crippen LogP contribution < -0.4 is 0 Å². The van der Waals surface area contributed by atoms with E-state index < -0.39 is 0 Å².